The summed E-state index contributed by atoms with van der Waals surface area (Å²) in [5.41, 5.74) is 6.20. The zero-order valence-electron chi connectivity index (χ0n) is 16.8. The number of para-hydroxylation sites is 1. The van der Waals surface area contributed by atoms with Crippen LogP contribution in [0.5, 0.6) is 0 Å². The predicted octanol–water partition coefficient (Wildman–Crippen LogP) is 4.89. The summed E-state index contributed by atoms with van der Waals surface area (Å²) in [7, 11) is 0. The van der Waals surface area contributed by atoms with Crippen molar-refractivity contribution in [1.29, 1.82) is 0 Å². The van der Waals surface area contributed by atoms with Crippen LogP contribution in [-0.2, 0) is 0 Å². The van der Waals surface area contributed by atoms with Crippen molar-refractivity contribution in [1.82, 2.24) is 35.1 Å². The van der Waals surface area contributed by atoms with E-state index in [0.717, 1.165) is 31.9 Å². The van der Waals surface area contributed by atoms with Crippen molar-refractivity contribution in [3.63, 3.8) is 0 Å². The Hall–Kier alpha value is -4.24. The first-order valence-corrected chi connectivity index (χ1v) is 10.7. The van der Waals surface area contributed by atoms with Crippen LogP contribution in [0.3, 0.4) is 0 Å². The second-order valence-corrected chi connectivity index (χ2v) is 8.35. The molecule has 0 bridgehead atoms. The van der Waals surface area contributed by atoms with E-state index in [1.54, 1.807) is 25.5 Å². The van der Waals surface area contributed by atoms with E-state index >= 15 is 0 Å². The van der Waals surface area contributed by atoms with Gasteiger partial charge in [-0.3, -0.25) is 19.9 Å². The van der Waals surface area contributed by atoms with Gasteiger partial charge in [-0.1, -0.05) is 12.1 Å². The summed E-state index contributed by atoms with van der Waals surface area (Å²) < 4.78 is 0. The summed E-state index contributed by atoms with van der Waals surface area (Å²) in [6, 6.07) is 13.6. The molecule has 6 aromatic rings. The molecule has 0 aliphatic heterocycles. The smallest absolute Gasteiger partial charge is 0.169 e. The van der Waals surface area contributed by atoms with Crippen molar-refractivity contribution in [2.75, 3.05) is 0 Å². The van der Waals surface area contributed by atoms with E-state index in [-0.39, 0.29) is 5.78 Å². The molecular formula is C23H15N7OS. The van der Waals surface area contributed by atoms with Crippen molar-refractivity contribution < 1.29 is 4.79 Å². The number of ketones is 1. The first-order chi connectivity index (χ1) is 15.7. The standard InChI is InChI=1S/C23H15N7OS/c1-12(31)18-7-8-19(32-18)13-3-2-4-15-20(13)28-23(27-15)22-21-16(29-30-22)6-5-14(26-21)17-11-24-9-10-25-17/h2-11H,1H3,(H,27,28)(H,29,30). The summed E-state index contributed by atoms with van der Waals surface area (Å²) in [5, 5.41) is 7.49. The Bertz CT molecular complexity index is 1610. The van der Waals surface area contributed by atoms with Gasteiger partial charge in [0.15, 0.2) is 17.3 Å². The number of H-pyrrole nitrogens is 2. The third-order valence-corrected chi connectivity index (χ3v) is 6.41. The average molecular weight is 437 g/mol. The molecule has 0 radical (unpaired) electrons. The van der Waals surface area contributed by atoms with Crippen molar-refractivity contribution in [3.05, 3.63) is 65.9 Å². The van der Waals surface area contributed by atoms with Crippen LogP contribution >= 0.6 is 11.3 Å². The van der Waals surface area contributed by atoms with E-state index in [1.807, 2.05) is 42.5 Å². The molecule has 0 saturated heterocycles. The molecule has 0 amide bonds. The van der Waals surface area contributed by atoms with Gasteiger partial charge >= 0.3 is 0 Å². The number of aromatic amines is 2. The lowest BCUT2D eigenvalue weighted by Crippen LogP contribution is -1.89. The van der Waals surface area contributed by atoms with Gasteiger partial charge < -0.3 is 4.98 Å². The van der Waals surface area contributed by atoms with Crippen LogP contribution in [0.1, 0.15) is 16.6 Å². The largest absolute Gasteiger partial charge is 0.336 e. The SMILES string of the molecule is CC(=O)c1ccc(-c2cccc3[nH]c(-c4n[nH]c5ccc(-c6cnccn6)nc45)nc23)s1. The number of nitrogens with one attached hydrogen (secondary N) is 2. The third kappa shape index (κ3) is 2.98. The number of Topliss-reactive ketones (excluding diaryl/α,β-unsaturated/α-hetero) is 1. The number of aromatic nitrogens is 7. The van der Waals surface area contributed by atoms with Gasteiger partial charge in [-0.25, -0.2) is 9.97 Å². The summed E-state index contributed by atoms with van der Waals surface area (Å²) in [6.45, 7) is 1.58. The lowest BCUT2D eigenvalue weighted by Gasteiger charge is -1.99. The van der Waals surface area contributed by atoms with Crippen LogP contribution in [0.25, 0.3) is 55.4 Å². The average Bonchev–Trinajstić information content (AvgIpc) is 3.56. The number of carbonyl (C=O) groups is 1. The van der Waals surface area contributed by atoms with Gasteiger partial charge in [-0.2, -0.15) is 5.10 Å². The molecule has 1 aromatic carbocycles. The molecular weight excluding hydrogens is 422 g/mol. The van der Waals surface area contributed by atoms with Gasteiger partial charge in [0.25, 0.3) is 0 Å². The molecule has 5 aromatic heterocycles. The third-order valence-electron chi connectivity index (χ3n) is 5.19. The fourth-order valence-corrected chi connectivity index (χ4v) is 4.58. The predicted molar refractivity (Wildman–Crippen MR) is 123 cm³/mol. The van der Waals surface area contributed by atoms with Crippen LogP contribution in [0.4, 0.5) is 0 Å². The molecule has 2 N–H and O–H groups in total. The number of hydrogen-bond donors (Lipinski definition) is 2. The molecule has 0 saturated carbocycles. The van der Waals surface area contributed by atoms with Crippen LogP contribution in [0.2, 0.25) is 0 Å². The minimum absolute atomic E-state index is 0.0594. The van der Waals surface area contributed by atoms with Gasteiger partial charge in [-0.15, -0.1) is 11.3 Å². The Morgan fingerprint density at radius 3 is 2.69 bits per heavy atom. The minimum Gasteiger partial charge on any atom is -0.336 e. The lowest BCUT2D eigenvalue weighted by molar-refractivity contribution is 0.102. The molecule has 32 heavy (non-hydrogen) atoms. The maximum absolute atomic E-state index is 11.7. The highest BCUT2D eigenvalue weighted by atomic mass is 32.1. The fraction of sp³-hybridized carbons (Fsp3) is 0.0435. The zero-order valence-corrected chi connectivity index (χ0v) is 17.6. The van der Waals surface area contributed by atoms with Gasteiger partial charge in [0, 0.05) is 22.8 Å². The monoisotopic (exact) mass is 437 g/mol. The maximum Gasteiger partial charge on any atom is 0.169 e. The lowest BCUT2D eigenvalue weighted by atomic mass is 10.1. The molecule has 0 fully saturated rings. The van der Waals surface area contributed by atoms with Gasteiger partial charge in [0.1, 0.15) is 11.2 Å². The van der Waals surface area contributed by atoms with Gasteiger partial charge in [0.05, 0.1) is 33.3 Å². The van der Waals surface area contributed by atoms with E-state index in [0.29, 0.717) is 28.4 Å². The number of benzene rings is 1. The topological polar surface area (TPSA) is 113 Å². The number of fused-ring (bicyclic) bond motifs is 2. The normalized spacial score (nSPS) is 11.4. The zero-order chi connectivity index (χ0) is 21.7. The number of nitrogens with zero attached hydrogens (tertiary/aromatic N) is 5. The first-order valence-electron chi connectivity index (χ1n) is 9.89. The summed E-state index contributed by atoms with van der Waals surface area (Å²) in [6.07, 6.45) is 4.95. The van der Waals surface area contributed by atoms with E-state index in [1.165, 1.54) is 11.3 Å². The highest BCUT2D eigenvalue weighted by Crippen LogP contribution is 2.35. The number of imidazole rings is 1. The molecule has 5 heterocycles. The van der Waals surface area contributed by atoms with Crippen LogP contribution in [0, 0.1) is 0 Å². The fourth-order valence-electron chi connectivity index (χ4n) is 3.65. The Morgan fingerprint density at radius 2 is 1.88 bits per heavy atom. The molecule has 0 aliphatic carbocycles. The molecule has 9 heteroatoms. The minimum atomic E-state index is 0.0594. The van der Waals surface area contributed by atoms with Crippen LogP contribution < -0.4 is 0 Å². The van der Waals surface area contributed by atoms with E-state index in [4.69, 9.17) is 9.97 Å². The van der Waals surface area contributed by atoms with Gasteiger partial charge in [0.2, 0.25) is 0 Å². The molecule has 0 aliphatic rings. The Balaban J connectivity index is 1.49. The van der Waals surface area contributed by atoms with Crippen LogP contribution in [0.15, 0.2) is 61.1 Å². The Morgan fingerprint density at radius 1 is 0.938 bits per heavy atom. The molecule has 0 spiro atoms. The molecule has 6 rings (SSSR count). The highest BCUT2D eigenvalue weighted by Gasteiger charge is 2.18. The van der Waals surface area contributed by atoms with E-state index in [9.17, 15) is 4.79 Å². The van der Waals surface area contributed by atoms with Crippen molar-refractivity contribution in [2.45, 2.75) is 6.92 Å². The van der Waals surface area contributed by atoms with Crippen molar-refractivity contribution >= 4 is 39.2 Å². The highest BCUT2D eigenvalue weighted by molar-refractivity contribution is 7.17. The number of carbonyl (C=O) groups excluding carboxylic acids is 1. The molecule has 8 nitrogen and oxygen atoms in total. The quantitative estimate of drug-likeness (QED) is 0.380. The number of pyridine rings is 1. The number of hydrogen-bond acceptors (Lipinski definition) is 7. The van der Waals surface area contributed by atoms with Crippen LogP contribution in [-0.4, -0.2) is 40.9 Å². The van der Waals surface area contributed by atoms with E-state index < -0.39 is 0 Å². The molecule has 154 valence electrons. The Kier molecular flexibility index (Phi) is 4.15. The molecule has 0 atom stereocenters. The Labute approximate surface area is 185 Å². The second kappa shape index (κ2) is 7.17. The summed E-state index contributed by atoms with van der Waals surface area (Å²) in [5.74, 6) is 0.676. The van der Waals surface area contributed by atoms with Crippen molar-refractivity contribution in [3.8, 4) is 33.3 Å². The maximum atomic E-state index is 11.7. The first kappa shape index (κ1) is 18.5. The second-order valence-electron chi connectivity index (χ2n) is 7.26. The number of rotatable bonds is 4. The van der Waals surface area contributed by atoms with E-state index in [2.05, 4.69) is 25.1 Å². The summed E-state index contributed by atoms with van der Waals surface area (Å²) >= 11 is 1.47. The van der Waals surface area contributed by atoms with Crippen molar-refractivity contribution in [2.24, 2.45) is 0 Å². The summed E-state index contributed by atoms with van der Waals surface area (Å²) in [4.78, 5) is 34.9. The molecule has 0 unspecified atom stereocenters. The van der Waals surface area contributed by atoms with Gasteiger partial charge in [-0.05, 0) is 37.3 Å². The number of thiophene rings is 1.